The molecule has 0 amide bonds. The topological polar surface area (TPSA) is 46.3 Å². The number of likely N-dealkylation sites (tertiary alicyclic amines) is 1. The van der Waals surface area contributed by atoms with E-state index < -0.39 is 0 Å². The molecule has 1 fully saturated rings. The summed E-state index contributed by atoms with van der Waals surface area (Å²) in [7, 11) is 0. The zero-order valence-electron chi connectivity index (χ0n) is 14.3. The Balaban J connectivity index is 1.23. The number of thiophene rings is 1. The molecular weight excluding hydrogens is 362 g/mol. The van der Waals surface area contributed by atoms with Gasteiger partial charge < -0.3 is 0 Å². The lowest BCUT2D eigenvalue weighted by Gasteiger charge is -2.30. The Morgan fingerprint density at radius 1 is 1.04 bits per heavy atom. The van der Waals surface area contributed by atoms with E-state index in [9.17, 15) is 0 Å². The molecule has 0 radical (unpaired) electrons. The molecule has 7 heteroatoms. The minimum Gasteiger partial charge on any atom is -0.297 e. The summed E-state index contributed by atoms with van der Waals surface area (Å²) in [6.07, 6.45) is 4.31. The predicted molar refractivity (Wildman–Crippen MR) is 106 cm³/mol. The monoisotopic (exact) mass is 381 g/mol. The van der Waals surface area contributed by atoms with Crippen LogP contribution >= 0.6 is 22.7 Å². The second-order valence-electron chi connectivity index (χ2n) is 6.66. The molecule has 0 spiro atoms. The van der Waals surface area contributed by atoms with Crippen LogP contribution in [0.15, 0.2) is 47.3 Å². The van der Waals surface area contributed by atoms with Crippen LogP contribution in [0.25, 0.3) is 15.5 Å². The van der Waals surface area contributed by atoms with E-state index in [-0.39, 0.29) is 0 Å². The molecule has 4 aromatic rings. The second-order valence-corrected chi connectivity index (χ2v) is 8.46. The Morgan fingerprint density at radius 3 is 2.81 bits per heavy atom. The molecule has 0 unspecified atom stereocenters. The highest BCUT2D eigenvalue weighted by molar-refractivity contribution is 7.20. The third kappa shape index (κ3) is 3.06. The van der Waals surface area contributed by atoms with Crippen molar-refractivity contribution >= 4 is 28.3 Å². The van der Waals surface area contributed by atoms with Crippen molar-refractivity contribution in [1.82, 2.24) is 24.5 Å². The number of fused-ring (bicyclic) bond motifs is 1. The molecule has 5 nitrogen and oxygen atoms in total. The van der Waals surface area contributed by atoms with E-state index in [0.29, 0.717) is 5.92 Å². The number of piperidine rings is 1. The van der Waals surface area contributed by atoms with E-state index >= 15 is 0 Å². The van der Waals surface area contributed by atoms with E-state index in [1.54, 1.807) is 22.7 Å². The van der Waals surface area contributed by atoms with E-state index in [1.165, 1.54) is 10.6 Å². The van der Waals surface area contributed by atoms with Gasteiger partial charge in [0.25, 0.3) is 0 Å². The maximum Gasteiger partial charge on any atom is 0.160 e. The predicted octanol–water partition coefficient (Wildman–Crippen LogP) is 4.29. The Hall–Kier alpha value is -2.09. The van der Waals surface area contributed by atoms with Crippen molar-refractivity contribution in [1.29, 1.82) is 0 Å². The second kappa shape index (κ2) is 6.90. The van der Waals surface area contributed by atoms with Gasteiger partial charge in [0.2, 0.25) is 0 Å². The first kappa shape index (κ1) is 16.1. The van der Waals surface area contributed by atoms with E-state index in [4.69, 9.17) is 4.98 Å². The van der Waals surface area contributed by atoms with Crippen molar-refractivity contribution in [2.75, 3.05) is 13.1 Å². The van der Waals surface area contributed by atoms with Crippen molar-refractivity contribution in [2.45, 2.75) is 25.3 Å². The maximum atomic E-state index is 4.82. The maximum absolute atomic E-state index is 4.82. The van der Waals surface area contributed by atoms with E-state index in [0.717, 1.165) is 49.0 Å². The summed E-state index contributed by atoms with van der Waals surface area (Å²) >= 11 is 3.50. The van der Waals surface area contributed by atoms with Crippen molar-refractivity contribution in [3.05, 3.63) is 58.8 Å². The van der Waals surface area contributed by atoms with Gasteiger partial charge in [-0.3, -0.25) is 9.30 Å². The molecule has 0 aliphatic carbocycles. The Morgan fingerprint density at radius 2 is 1.96 bits per heavy atom. The molecule has 0 N–H and O–H groups in total. The van der Waals surface area contributed by atoms with Crippen LogP contribution in [-0.4, -0.2) is 37.6 Å². The molecule has 5 rings (SSSR count). The van der Waals surface area contributed by atoms with Gasteiger partial charge in [-0.2, -0.15) is 0 Å². The van der Waals surface area contributed by atoms with Gasteiger partial charge in [0.05, 0.1) is 10.6 Å². The molecule has 0 saturated carbocycles. The first-order chi connectivity index (χ1) is 12.9. The van der Waals surface area contributed by atoms with Crippen LogP contribution in [0.3, 0.4) is 0 Å². The van der Waals surface area contributed by atoms with Gasteiger partial charge in [-0.15, -0.1) is 32.9 Å². The fraction of sp³-hybridized carbons (Fsp3) is 0.316. The molecule has 4 aromatic heterocycles. The fourth-order valence-electron chi connectivity index (χ4n) is 3.61. The third-order valence-corrected chi connectivity index (χ3v) is 6.89. The zero-order chi connectivity index (χ0) is 17.3. The molecule has 5 heterocycles. The summed E-state index contributed by atoms with van der Waals surface area (Å²) < 4.78 is 2.13. The van der Waals surface area contributed by atoms with Gasteiger partial charge >= 0.3 is 0 Å². The molecule has 0 atom stereocenters. The largest absolute Gasteiger partial charge is 0.297 e. The van der Waals surface area contributed by atoms with Crippen LogP contribution < -0.4 is 0 Å². The number of thiazole rings is 1. The van der Waals surface area contributed by atoms with Gasteiger partial charge in [0.1, 0.15) is 10.8 Å². The van der Waals surface area contributed by atoms with Crippen LogP contribution in [0.2, 0.25) is 0 Å². The Labute approximate surface area is 160 Å². The normalized spacial score (nSPS) is 16.5. The number of aromatic nitrogens is 4. The summed E-state index contributed by atoms with van der Waals surface area (Å²) in [5, 5.41) is 14.2. The third-order valence-electron chi connectivity index (χ3n) is 4.96. The van der Waals surface area contributed by atoms with E-state index in [1.807, 2.05) is 18.2 Å². The first-order valence-corrected chi connectivity index (χ1v) is 10.6. The zero-order valence-corrected chi connectivity index (χ0v) is 15.9. The Kier molecular flexibility index (Phi) is 4.28. The fourth-order valence-corrected chi connectivity index (χ4v) is 5.23. The molecule has 0 aromatic carbocycles. The number of rotatable bonds is 4. The lowest BCUT2D eigenvalue weighted by molar-refractivity contribution is 0.199. The van der Waals surface area contributed by atoms with Gasteiger partial charge in [-0.05, 0) is 49.5 Å². The quantitative estimate of drug-likeness (QED) is 0.529. The number of nitrogens with zero attached hydrogens (tertiary/aromatic N) is 5. The van der Waals surface area contributed by atoms with Crippen LogP contribution in [0.4, 0.5) is 0 Å². The molecule has 1 aliphatic rings. The molecule has 0 bridgehead atoms. The number of hydrogen-bond acceptors (Lipinski definition) is 6. The highest BCUT2D eigenvalue weighted by atomic mass is 32.1. The van der Waals surface area contributed by atoms with Gasteiger partial charge in [-0.25, -0.2) is 4.98 Å². The summed E-state index contributed by atoms with van der Waals surface area (Å²) in [5.41, 5.74) is 2.12. The molecule has 1 saturated heterocycles. The summed E-state index contributed by atoms with van der Waals surface area (Å²) in [4.78, 5) is 8.59. The summed E-state index contributed by atoms with van der Waals surface area (Å²) in [6.45, 7) is 3.10. The number of hydrogen-bond donors (Lipinski definition) is 0. The summed E-state index contributed by atoms with van der Waals surface area (Å²) in [5.74, 6) is 1.59. The average molecular weight is 382 g/mol. The van der Waals surface area contributed by atoms with Crippen molar-refractivity contribution < 1.29 is 0 Å². The van der Waals surface area contributed by atoms with Crippen molar-refractivity contribution in [2.24, 2.45) is 0 Å². The lowest BCUT2D eigenvalue weighted by atomic mass is 9.96. The van der Waals surface area contributed by atoms with Gasteiger partial charge in [-0.1, -0.05) is 12.1 Å². The molecule has 1 aliphatic heterocycles. The highest BCUT2D eigenvalue weighted by Gasteiger charge is 2.24. The molecular formula is C19H19N5S2. The number of pyridine rings is 1. The SMILES string of the molecule is c1csc(-c2nc(CN3CCC(c4nnc5ccccn45)CC3)cs2)c1. The van der Waals surface area contributed by atoms with Crippen LogP contribution in [-0.2, 0) is 6.54 Å². The van der Waals surface area contributed by atoms with E-state index in [2.05, 4.69) is 48.6 Å². The molecule has 26 heavy (non-hydrogen) atoms. The smallest absolute Gasteiger partial charge is 0.160 e. The van der Waals surface area contributed by atoms with Crippen LogP contribution in [0.5, 0.6) is 0 Å². The van der Waals surface area contributed by atoms with Crippen LogP contribution in [0.1, 0.15) is 30.3 Å². The minimum atomic E-state index is 0.487. The van der Waals surface area contributed by atoms with Crippen LogP contribution in [0, 0.1) is 0 Å². The minimum absolute atomic E-state index is 0.487. The lowest BCUT2D eigenvalue weighted by Crippen LogP contribution is -2.33. The summed E-state index contributed by atoms with van der Waals surface area (Å²) in [6, 6.07) is 10.3. The Bertz CT molecular complexity index is 996. The average Bonchev–Trinajstić information content (AvgIpc) is 3.43. The van der Waals surface area contributed by atoms with Gasteiger partial charge in [0, 0.05) is 24.0 Å². The first-order valence-electron chi connectivity index (χ1n) is 8.87. The van der Waals surface area contributed by atoms with Crippen molar-refractivity contribution in [3.8, 4) is 9.88 Å². The van der Waals surface area contributed by atoms with Gasteiger partial charge in [0.15, 0.2) is 5.65 Å². The molecule has 132 valence electrons. The highest BCUT2D eigenvalue weighted by Crippen LogP contribution is 2.30. The van der Waals surface area contributed by atoms with Crippen molar-refractivity contribution in [3.63, 3.8) is 0 Å². The standard InChI is InChI=1S/C19H19N5S2/c1-2-8-24-17(5-1)21-22-18(24)14-6-9-23(10-7-14)12-15-13-26-19(20-15)16-4-3-11-25-16/h1-5,8,11,13-14H,6-7,9-10,12H2.